The van der Waals surface area contributed by atoms with E-state index in [1.54, 1.807) is 0 Å². The molecule has 1 unspecified atom stereocenters. The Kier molecular flexibility index (Phi) is 3.13. The summed E-state index contributed by atoms with van der Waals surface area (Å²) < 4.78 is 0. The third-order valence-electron chi connectivity index (χ3n) is 2.40. The molecule has 1 aliphatic rings. The molecule has 1 atom stereocenters. The van der Waals surface area contributed by atoms with Crippen molar-refractivity contribution in [2.75, 3.05) is 6.54 Å². The Hall–Kier alpha value is -2.57. The van der Waals surface area contributed by atoms with Gasteiger partial charge in [-0.2, -0.15) is 0 Å². The van der Waals surface area contributed by atoms with E-state index < -0.39 is 18.0 Å². The van der Waals surface area contributed by atoms with E-state index in [-0.39, 0.29) is 18.0 Å². The van der Waals surface area contributed by atoms with Gasteiger partial charge < -0.3 is 15.5 Å². The number of amides is 3. The van der Waals surface area contributed by atoms with E-state index in [1.165, 1.54) is 24.4 Å². The lowest BCUT2D eigenvalue weighted by molar-refractivity contribution is -0.121. The summed E-state index contributed by atoms with van der Waals surface area (Å²) in [6, 6.07) is 2.76. The Balaban J connectivity index is 2.11. The van der Waals surface area contributed by atoms with Gasteiger partial charge in [-0.3, -0.25) is 15.1 Å². The van der Waals surface area contributed by atoms with Crippen LogP contribution in [0.2, 0.25) is 0 Å². The molecule has 0 aliphatic carbocycles. The summed E-state index contributed by atoms with van der Waals surface area (Å²) in [7, 11) is 0. The molecule has 7 nitrogen and oxygen atoms in total. The van der Waals surface area contributed by atoms with Crippen LogP contribution in [0.1, 0.15) is 5.56 Å². The SMILES string of the molecule is O=C1NCC(N=Cc2ccc(O)cc2O)C(=O)N1. The molecule has 7 heteroatoms. The van der Waals surface area contributed by atoms with Crippen LogP contribution in [-0.4, -0.2) is 41.0 Å². The predicted molar refractivity (Wildman–Crippen MR) is 62.7 cm³/mol. The van der Waals surface area contributed by atoms with E-state index in [0.29, 0.717) is 5.56 Å². The number of urea groups is 1. The van der Waals surface area contributed by atoms with Crippen molar-refractivity contribution in [3.8, 4) is 11.5 Å². The van der Waals surface area contributed by atoms with Gasteiger partial charge in [-0.05, 0) is 12.1 Å². The topological polar surface area (TPSA) is 111 Å². The molecule has 1 saturated heterocycles. The van der Waals surface area contributed by atoms with Crippen LogP contribution in [0.3, 0.4) is 0 Å². The van der Waals surface area contributed by atoms with Crippen molar-refractivity contribution < 1.29 is 19.8 Å². The number of benzene rings is 1. The fourth-order valence-corrected chi connectivity index (χ4v) is 1.45. The van der Waals surface area contributed by atoms with Crippen molar-refractivity contribution >= 4 is 18.2 Å². The molecule has 1 aromatic carbocycles. The summed E-state index contributed by atoms with van der Waals surface area (Å²) >= 11 is 0. The number of nitrogens with zero attached hydrogens (tertiary/aromatic N) is 1. The smallest absolute Gasteiger partial charge is 0.321 e. The number of phenolic OH excluding ortho intramolecular Hbond substituents is 2. The molecule has 18 heavy (non-hydrogen) atoms. The van der Waals surface area contributed by atoms with Gasteiger partial charge in [0.25, 0.3) is 5.91 Å². The average Bonchev–Trinajstić information content (AvgIpc) is 2.30. The fourth-order valence-electron chi connectivity index (χ4n) is 1.45. The third-order valence-corrected chi connectivity index (χ3v) is 2.40. The molecule has 0 aromatic heterocycles. The standard InChI is InChI=1S/C11H11N3O4/c15-7-2-1-6(9(16)3-7)4-12-8-5-13-11(18)14-10(8)17/h1-4,8,15-16H,5H2,(H2,13,14,17,18). The molecule has 0 spiro atoms. The molecule has 0 saturated carbocycles. The maximum atomic E-state index is 11.4. The number of imide groups is 1. The first kappa shape index (κ1) is 11.9. The molecule has 0 bridgehead atoms. The molecule has 1 aliphatic heterocycles. The van der Waals surface area contributed by atoms with Gasteiger partial charge in [-0.25, -0.2) is 4.79 Å². The van der Waals surface area contributed by atoms with Crippen LogP contribution in [-0.2, 0) is 4.79 Å². The molecule has 1 fully saturated rings. The van der Waals surface area contributed by atoms with Gasteiger partial charge in [0, 0.05) is 17.8 Å². The number of rotatable bonds is 2. The van der Waals surface area contributed by atoms with E-state index in [2.05, 4.69) is 15.6 Å². The zero-order valence-corrected chi connectivity index (χ0v) is 9.25. The first-order chi connectivity index (χ1) is 8.56. The Labute approximate surface area is 102 Å². The molecule has 2 rings (SSSR count). The Morgan fingerprint density at radius 2 is 2.11 bits per heavy atom. The zero-order chi connectivity index (χ0) is 13.1. The lowest BCUT2D eigenvalue weighted by Crippen LogP contribution is -2.54. The van der Waals surface area contributed by atoms with E-state index in [1.807, 2.05) is 0 Å². The van der Waals surface area contributed by atoms with E-state index >= 15 is 0 Å². The number of nitrogens with one attached hydrogen (secondary N) is 2. The summed E-state index contributed by atoms with van der Waals surface area (Å²) in [6.07, 6.45) is 1.32. The summed E-state index contributed by atoms with van der Waals surface area (Å²) in [5.41, 5.74) is 0.373. The van der Waals surface area contributed by atoms with Crippen LogP contribution in [0.15, 0.2) is 23.2 Å². The number of carbonyl (C=O) groups is 2. The van der Waals surface area contributed by atoms with Crippen molar-refractivity contribution in [3.63, 3.8) is 0 Å². The Morgan fingerprint density at radius 1 is 1.33 bits per heavy atom. The van der Waals surface area contributed by atoms with Gasteiger partial charge in [0.2, 0.25) is 0 Å². The van der Waals surface area contributed by atoms with Gasteiger partial charge in [-0.15, -0.1) is 0 Å². The highest BCUT2D eigenvalue weighted by Gasteiger charge is 2.24. The van der Waals surface area contributed by atoms with Crippen LogP contribution in [0.25, 0.3) is 0 Å². The number of aliphatic imine (C=N–C) groups is 1. The van der Waals surface area contributed by atoms with E-state index in [0.717, 1.165) is 0 Å². The second kappa shape index (κ2) is 4.74. The number of carbonyl (C=O) groups excluding carboxylic acids is 2. The van der Waals surface area contributed by atoms with E-state index in [4.69, 9.17) is 5.11 Å². The predicted octanol–water partition coefficient (Wildman–Crippen LogP) is -0.275. The van der Waals surface area contributed by atoms with E-state index in [9.17, 15) is 14.7 Å². The minimum Gasteiger partial charge on any atom is -0.508 e. The first-order valence-electron chi connectivity index (χ1n) is 5.20. The lowest BCUT2D eigenvalue weighted by Gasteiger charge is -2.18. The van der Waals surface area contributed by atoms with Gasteiger partial charge >= 0.3 is 6.03 Å². The van der Waals surface area contributed by atoms with Crippen LogP contribution in [0, 0.1) is 0 Å². The molecule has 4 N–H and O–H groups in total. The summed E-state index contributed by atoms with van der Waals surface area (Å²) in [6.45, 7) is 0.111. The normalized spacial score (nSPS) is 19.7. The second-order valence-corrected chi connectivity index (χ2v) is 3.74. The van der Waals surface area contributed by atoms with Crippen LogP contribution >= 0.6 is 0 Å². The van der Waals surface area contributed by atoms with Gasteiger partial charge in [0.1, 0.15) is 17.5 Å². The Bertz CT molecular complexity index is 527. The number of hydrogen-bond acceptors (Lipinski definition) is 5. The van der Waals surface area contributed by atoms with Crippen molar-refractivity contribution in [1.82, 2.24) is 10.6 Å². The summed E-state index contributed by atoms with van der Waals surface area (Å²) in [5, 5.41) is 23.1. The highest BCUT2D eigenvalue weighted by atomic mass is 16.3. The minimum absolute atomic E-state index is 0.0627. The average molecular weight is 249 g/mol. The highest BCUT2D eigenvalue weighted by molar-refractivity contribution is 6.00. The molecule has 1 aromatic rings. The first-order valence-corrected chi connectivity index (χ1v) is 5.20. The minimum atomic E-state index is -0.726. The van der Waals surface area contributed by atoms with Gasteiger partial charge in [0.15, 0.2) is 0 Å². The maximum absolute atomic E-state index is 11.4. The molecule has 0 radical (unpaired) electrons. The quantitative estimate of drug-likeness (QED) is 0.540. The molecule has 1 heterocycles. The summed E-state index contributed by atoms with van der Waals surface area (Å²) in [5.74, 6) is -0.695. The fraction of sp³-hybridized carbons (Fsp3) is 0.182. The Morgan fingerprint density at radius 3 is 2.78 bits per heavy atom. The zero-order valence-electron chi connectivity index (χ0n) is 9.25. The van der Waals surface area contributed by atoms with Gasteiger partial charge in [0.05, 0.1) is 6.54 Å². The summed E-state index contributed by atoms with van der Waals surface area (Å²) in [4.78, 5) is 26.2. The van der Waals surface area contributed by atoms with Crippen LogP contribution < -0.4 is 10.6 Å². The number of phenols is 2. The van der Waals surface area contributed by atoms with Crippen molar-refractivity contribution in [1.29, 1.82) is 0 Å². The van der Waals surface area contributed by atoms with Crippen LogP contribution in [0.4, 0.5) is 4.79 Å². The lowest BCUT2D eigenvalue weighted by atomic mass is 10.2. The third kappa shape index (κ3) is 2.57. The number of hydrogen-bond donors (Lipinski definition) is 4. The van der Waals surface area contributed by atoms with Crippen molar-refractivity contribution in [2.45, 2.75) is 6.04 Å². The van der Waals surface area contributed by atoms with Crippen molar-refractivity contribution in [2.24, 2.45) is 4.99 Å². The molecule has 3 amide bonds. The van der Waals surface area contributed by atoms with Crippen molar-refractivity contribution in [3.05, 3.63) is 23.8 Å². The molecule has 94 valence electrons. The molecular formula is C11H11N3O4. The number of aromatic hydroxyl groups is 2. The largest absolute Gasteiger partial charge is 0.508 e. The maximum Gasteiger partial charge on any atom is 0.321 e. The monoisotopic (exact) mass is 249 g/mol. The molecular weight excluding hydrogens is 238 g/mol. The van der Waals surface area contributed by atoms with Gasteiger partial charge in [-0.1, -0.05) is 0 Å². The highest BCUT2D eigenvalue weighted by Crippen LogP contribution is 2.20. The van der Waals surface area contributed by atoms with Crippen LogP contribution in [0.5, 0.6) is 11.5 Å². The second-order valence-electron chi connectivity index (χ2n) is 3.74.